The Bertz CT molecular complexity index is 1510. The molecule has 0 fully saturated rings. The standard InChI is InChI=1S/C24H20ClF3N4O3/c1-3-8-32-22(33)20-18(9-14-4-6-16(25)7-5-14)19(13-30-21(20)31(2)23(32)34)35-17-10-15(11-29-12-17)24(26,27)28/h4-7,10-13H,3,8-9H2,1-2H3. The molecule has 4 rings (SSSR count). The Balaban J connectivity index is 1.95. The zero-order chi connectivity index (χ0) is 25.3. The van der Waals surface area contributed by atoms with Crippen molar-refractivity contribution in [2.75, 3.05) is 0 Å². The number of fused-ring (bicyclic) bond motifs is 1. The maximum atomic E-state index is 13.4. The van der Waals surface area contributed by atoms with Crippen LogP contribution in [0.4, 0.5) is 13.2 Å². The van der Waals surface area contributed by atoms with Crippen LogP contribution in [0, 0.1) is 0 Å². The summed E-state index contributed by atoms with van der Waals surface area (Å²) < 4.78 is 47.7. The number of nitrogens with zero attached hydrogens (tertiary/aromatic N) is 4. The summed E-state index contributed by atoms with van der Waals surface area (Å²) in [6, 6.07) is 7.71. The molecule has 1 aromatic carbocycles. The van der Waals surface area contributed by atoms with Crippen molar-refractivity contribution in [2.45, 2.75) is 32.5 Å². The topological polar surface area (TPSA) is 79.0 Å². The van der Waals surface area contributed by atoms with E-state index in [1.807, 2.05) is 6.92 Å². The highest BCUT2D eigenvalue weighted by Crippen LogP contribution is 2.34. The molecule has 0 bridgehead atoms. The van der Waals surface area contributed by atoms with E-state index in [2.05, 4.69) is 9.97 Å². The predicted octanol–water partition coefficient (Wildman–Crippen LogP) is 4.96. The van der Waals surface area contributed by atoms with Gasteiger partial charge in [0.05, 0.1) is 23.3 Å². The van der Waals surface area contributed by atoms with Crippen molar-refractivity contribution in [3.63, 3.8) is 0 Å². The minimum Gasteiger partial charge on any atom is -0.454 e. The Morgan fingerprint density at radius 2 is 1.80 bits per heavy atom. The van der Waals surface area contributed by atoms with Crippen LogP contribution in [0.3, 0.4) is 0 Å². The first-order valence-electron chi connectivity index (χ1n) is 10.7. The van der Waals surface area contributed by atoms with E-state index in [9.17, 15) is 22.8 Å². The molecule has 3 aromatic heterocycles. The van der Waals surface area contributed by atoms with E-state index in [-0.39, 0.29) is 35.5 Å². The fourth-order valence-electron chi connectivity index (χ4n) is 3.74. The van der Waals surface area contributed by atoms with E-state index in [4.69, 9.17) is 16.3 Å². The Morgan fingerprint density at radius 1 is 1.09 bits per heavy atom. The van der Waals surface area contributed by atoms with Crippen molar-refractivity contribution in [3.8, 4) is 11.5 Å². The van der Waals surface area contributed by atoms with Gasteiger partial charge in [-0.05, 0) is 30.2 Å². The lowest BCUT2D eigenvalue weighted by atomic mass is 10.0. The van der Waals surface area contributed by atoms with Gasteiger partial charge in [-0.1, -0.05) is 30.7 Å². The summed E-state index contributed by atoms with van der Waals surface area (Å²) in [5.41, 5.74) is -0.745. The second kappa shape index (κ2) is 9.53. The lowest BCUT2D eigenvalue weighted by Crippen LogP contribution is -2.39. The third kappa shape index (κ3) is 4.93. The van der Waals surface area contributed by atoms with Crippen LogP contribution in [0.15, 0.2) is 58.5 Å². The molecule has 7 nitrogen and oxygen atoms in total. The van der Waals surface area contributed by atoms with Crippen LogP contribution in [0.5, 0.6) is 11.5 Å². The third-order valence-electron chi connectivity index (χ3n) is 5.43. The number of hydrogen-bond donors (Lipinski definition) is 0. The molecule has 0 spiro atoms. The van der Waals surface area contributed by atoms with Gasteiger partial charge in [0.1, 0.15) is 17.1 Å². The van der Waals surface area contributed by atoms with Gasteiger partial charge < -0.3 is 4.74 Å². The Kier molecular flexibility index (Phi) is 6.66. The van der Waals surface area contributed by atoms with Gasteiger partial charge in [0.25, 0.3) is 5.56 Å². The molecule has 0 aliphatic carbocycles. The summed E-state index contributed by atoms with van der Waals surface area (Å²) >= 11 is 5.99. The summed E-state index contributed by atoms with van der Waals surface area (Å²) in [6.07, 6.45) is -0.756. The van der Waals surface area contributed by atoms with Crippen molar-refractivity contribution < 1.29 is 17.9 Å². The lowest BCUT2D eigenvalue weighted by molar-refractivity contribution is -0.137. The monoisotopic (exact) mass is 504 g/mol. The first-order chi connectivity index (χ1) is 16.6. The summed E-state index contributed by atoms with van der Waals surface area (Å²) in [7, 11) is 1.51. The molecular weight excluding hydrogens is 485 g/mol. The quantitative estimate of drug-likeness (QED) is 0.371. The van der Waals surface area contributed by atoms with Crippen molar-refractivity contribution in [2.24, 2.45) is 7.05 Å². The maximum absolute atomic E-state index is 13.4. The fourth-order valence-corrected chi connectivity index (χ4v) is 3.87. The molecule has 11 heteroatoms. The SMILES string of the molecule is CCCn1c(=O)c2c(Cc3ccc(Cl)cc3)c(Oc3cncc(C(F)(F)F)c3)cnc2n(C)c1=O. The summed E-state index contributed by atoms with van der Waals surface area (Å²) in [6.45, 7) is 2.04. The number of benzene rings is 1. The maximum Gasteiger partial charge on any atom is 0.418 e. The van der Waals surface area contributed by atoms with E-state index in [1.54, 1.807) is 24.3 Å². The van der Waals surface area contributed by atoms with Gasteiger partial charge in [-0.15, -0.1) is 0 Å². The first-order valence-corrected chi connectivity index (χ1v) is 11.0. The van der Waals surface area contributed by atoms with Gasteiger partial charge in [-0.3, -0.25) is 18.9 Å². The highest BCUT2D eigenvalue weighted by molar-refractivity contribution is 6.30. The lowest BCUT2D eigenvalue weighted by Gasteiger charge is -2.16. The molecule has 0 aliphatic heterocycles. The van der Waals surface area contributed by atoms with Crippen molar-refractivity contribution in [1.82, 2.24) is 19.1 Å². The normalized spacial score (nSPS) is 11.7. The van der Waals surface area contributed by atoms with E-state index in [0.717, 1.165) is 22.4 Å². The van der Waals surface area contributed by atoms with Crippen molar-refractivity contribution in [1.29, 1.82) is 0 Å². The Morgan fingerprint density at radius 3 is 2.46 bits per heavy atom. The van der Waals surface area contributed by atoms with Gasteiger partial charge in [0.2, 0.25) is 0 Å². The van der Waals surface area contributed by atoms with Crippen LogP contribution in [-0.2, 0) is 26.2 Å². The third-order valence-corrected chi connectivity index (χ3v) is 5.68. The molecule has 0 unspecified atom stereocenters. The Labute approximate surface area is 202 Å². The van der Waals surface area contributed by atoms with Gasteiger partial charge in [-0.25, -0.2) is 9.78 Å². The molecule has 0 amide bonds. The van der Waals surface area contributed by atoms with Crippen LogP contribution in [0.1, 0.15) is 30.0 Å². The summed E-state index contributed by atoms with van der Waals surface area (Å²) in [5, 5.41) is 0.667. The number of pyridine rings is 2. The van der Waals surface area contributed by atoms with E-state index in [1.165, 1.54) is 17.8 Å². The second-order valence-corrected chi connectivity index (χ2v) is 8.35. The molecule has 35 heavy (non-hydrogen) atoms. The van der Waals surface area contributed by atoms with Crippen LogP contribution in [-0.4, -0.2) is 19.1 Å². The minimum atomic E-state index is -4.60. The van der Waals surface area contributed by atoms with Crippen molar-refractivity contribution >= 4 is 22.6 Å². The fraction of sp³-hybridized carbons (Fsp3) is 0.250. The van der Waals surface area contributed by atoms with Crippen LogP contribution in [0.25, 0.3) is 11.0 Å². The molecule has 3 heterocycles. The second-order valence-electron chi connectivity index (χ2n) is 7.91. The van der Waals surface area contributed by atoms with Crippen molar-refractivity contribution in [3.05, 3.63) is 91.5 Å². The first kappa shape index (κ1) is 24.5. The number of halogens is 4. The zero-order valence-electron chi connectivity index (χ0n) is 18.8. The van der Waals surface area contributed by atoms with Gasteiger partial charge >= 0.3 is 11.9 Å². The molecular formula is C24H20ClF3N4O3. The molecule has 4 aromatic rings. The summed E-state index contributed by atoms with van der Waals surface area (Å²) in [4.78, 5) is 34.0. The highest BCUT2D eigenvalue weighted by atomic mass is 35.5. The predicted molar refractivity (Wildman–Crippen MR) is 125 cm³/mol. The minimum absolute atomic E-state index is 0.0763. The molecule has 0 atom stereocenters. The molecule has 0 radical (unpaired) electrons. The van der Waals surface area contributed by atoms with E-state index in [0.29, 0.717) is 23.2 Å². The number of aromatic nitrogens is 4. The number of aryl methyl sites for hydroxylation is 1. The number of hydrogen-bond acceptors (Lipinski definition) is 5. The molecule has 0 N–H and O–H groups in total. The van der Waals surface area contributed by atoms with Gasteiger partial charge in [0.15, 0.2) is 0 Å². The van der Waals surface area contributed by atoms with E-state index >= 15 is 0 Å². The smallest absolute Gasteiger partial charge is 0.418 e. The average Bonchev–Trinajstić information content (AvgIpc) is 2.82. The largest absolute Gasteiger partial charge is 0.454 e. The van der Waals surface area contributed by atoms with Gasteiger partial charge in [-0.2, -0.15) is 13.2 Å². The van der Waals surface area contributed by atoms with Crippen LogP contribution >= 0.6 is 11.6 Å². The van der Waals surface area contributed by atoms with Crippen LogP contribution in [0.2, 0.25) is 5.02 Å². The molecule has 0 saturated carbocycles. The zero-order valence-corrected chi connectivity index (χ0v) is 19.5. The molecule has 182 valence electrons. The number of ether oxygens (including phenoxy) is 1. The number of alkyl halides is 3. The number of rotatable bonds is 6. The summed E-state index contributed by atoms with van der Waals surface area (Å²) in [5.74, 6) is -0.0931. The average molecular weight is 505 g/mol. The van der Waals surface area contributed by atoms with E-state index < -0.39 is 23.0 Å². The van der Waals surface area contributed by atoms with Crippen LogP contribution < -0.4 is 16.0 Å². The molecule has 0 aliphatic rings. The Hall–Kier alpha value is -3.66. The van der Waals surface area contributed by atoms with Gasteiger partial charge in [0, 0.05) is 36.8 Å². The molecule has 0 saturated heterocycles. The highest BCUT2D eigenvalue weighted by Gasteiger charge is 2.31.